The van der Waals surface area contributed by atoms with Crippen LogP contribution in [0.5, 0.6) is 0 Å². The largest absolute Gasteiger partial charge is 0.389 e. The maximum absolute atomic E-state index is 12.3. The summed E-state index contributed by atoms with van der Waals surface area (Å²) in [5.74, 6) is -0.281. The molecule has 6 heteroatoms. The van der Waals surface area contributed by atoms with E-state index in [0.717, 1.165) is 0 Å². The van der Waals surface area contributed by atoms with Crippen LogP contribution in [0.15, 0.2) is 47.4 Å². The van der Waals surface area contributed by atoms with E-state index >= 15 is 0 Å². The molecule has 2 rings (SSSR count). The van der Waals surface area contributed by atoms with E-state index in [0.29, 0.717) is 16.8 Å². The Hall–Kier alpha value is -2.47. The normalized spacial score (nSPS) is 10.1. The van der Waals surface area contributed by atoms with Crippen molar-refractivity contribution in [2.75, 3.05) is 11.9 Å². The van der Waals surface area contributed by atoms with E-state index in [-0.39, 0.29) is 16.5 Å². The van der Waals surface area contributed by atoms with Crippen molar-refractivity contribution in [3.63, 3.8) is 0 Å². The summed E-state index contributed by atoms with van der Waals surface area (Å²) in [5.41, 5.74) is 6.91. The third-order valence-electron chi connectivity index (χ3n) is 2.84. The summed E-state index contributed by atoms with van der Waals surface area (Å²) in [7, 11) is 1.63. The monoisotopic (exact) mass is 287 g/mol. The minimum absolute atomic E-state index is 0.267. The molecule has 1 aromatic carbocycles. The van der Waals surface area contributed by atoms with Gasteiger partial charge in [-0.1, -0.05) is 24.4 Å². The lowest BCUT2D eigenvalue weighted by atomic mass is 10.1. The molecule has 0 aliphatic rings. The maximum Gasteiger partial charge on any atom is 0.258 e. The number of H-pyrrole nitrogens is 1. The van der Waals surface area contributed by atoms with Gasteiger partial charge in [0, 0.05) is 36.1 Å². The Balaban J connectivity index is 2.33. The van der Waals surface area contributed by atoms with Crippen molar-refractivity contribution in [3.8, 4) is 0 Å². The number of hydrogen-bond acceptors (Lipinski definition) is 3. The van der Waals surface area contributed by atoms with Crippen LogP contribution in [0.4, 0.5) is 5.69 Å². The van der Waals surface area contributed by atoms with Gasteiger partial charge in [0.25, 0.3) is 5.91 Å². The van der Waals surface area contributed by atoms with Gasteiger partial charge in [-0.2, -0.15) is 0 Å². The Morgan fingerprint density at radius 1 is 1.25 bits per heavy atom. The zero-order valence-electron chi connectivity index (χ0n) is 10.8. The summed E-state index contributed by atoms with van der Waals surface area (Å²) in [5, 5.41) is 0. The fourth-order valence-electron chi connectivity index (χ4n) is 1.76. The average Bonchev–Trinajstić information content (AvgIpc) is 2.45. The van der Waals surface area contributed by atoms with Gasteiger partial charge in [-0.05, 0) is 18.2 Å². The number of anilines is 1. The highest BCUT2D eigenvalue weighted by Crippen LogP contribution is 2.17. The molecule has 1 heterocycles. The molecule has 0 atom stereocenters. The Morgan fingerprint density at radius 3 is 2.65 bits per heavy atom. The fraction of sp³-hybridized carbons (Fsp3) is 0.0714. The summed E-state index contributed by atoms with van der Waals surface area (Å²) in [6.45, 7) is 0. The van der Waals surface area contributed by atoms with Gasteiger partial charge < -0.3 is 15.6 Å². The molecule has 2 aromatic rings. The van der Waals surface area contributed by atoms with Crippen molar-refractivity contribution in [2.24, 2.45) is 5.73 Å². The number of nitrogens with zero attached hydrogens (tertiary/aromatic N) is 1. The molecule has 0 saturated heterocycles. The Bertz CT molecular complexity index is 724. The number of carbonyl (C=O) groups excluding carboxylic acids is 1. The Labute approximate surface area is 121 Å². The molecule has 0 saturated carbocycles. The molecule has 0 aliphatic heterocycles. The van der Waals surface area contributed by atoms with E-state index in [2.05, 4.69) is 4.98 Å². The number of hydrogen-bond donors (Lipinski definition) is 2. The lowest BCUT2D eigenvalue weighted by molar-refractivity contribution is 0.0993. The van der Waals surface area contributed by atoms with Crippen LogP contribution in [0.3, 0.4) is 0 Å². The first-order valence-electron chi connectivity index (χ1n) is 5.85. The van der Waals surface area contributed by atoms with E-state index in [1.54, 1.807) is 37.4 Å². The second-order valence-corrected chi connectivity index (χ2v) is 4.66. The first-order valence-corrected chi connectivity index (χ1v) is 6.26. The second kappa shape index (κ2) is 5.66. The molecular formula is C14H13N3O2S. The molecule has 0 aliphatic carbocycles. The maximum atomic E-state index is 12.3. The van der Waals surface area contributed by atoms with Gasteiger partial charge in [0.05, 0.1) is 0 Å². The Morgan fingerprint density at radius 2 is 2.00 bits per heavy atom. The third kappa shape index (κ3) is 2.92. The van der Waals surface area contributed by atoms with Gasteiger partial charge >= 0.3 is 0 Å². The summed E-state index contributed by atoms with van der Waals surface area (Å²) in [4.78, 5) is 27.7. The highest BCUT2D eigenvalue weighted by Gasteiger charge is 2.14. The molecule has 1 amide bonds. The van der Waals surface area contributed by atoms with Gasteiger partial charge in [0.2, 0.25) is 5.56 Å². The van der Waals surface area contributed by atoms with Gasteiger partial charge in [-0.3, -0.25) is 9.59 Å². The number of pyridine rings is 1. The highest BCUT2D eigenvalue weighted by molar-refractivity contribution is 7.80. The van der Waals surface area contributed by atoms with E-state index in [9.17, 15) is 9.59 Å². The Kier molecular flexibility index (Phi) is 3.95. The first kappa shape index (κ1) is 14.0. The lowest BCUT2D eigenvalue weighted by Gasteiger charge is -2.18. The van der Waals surface area contributed by atoms with Gasteiger partial charge in [0.15, 0.2) is 0 Å². The molecule has 0 bridgehead atoms. The summed E-state index contributed by atoms with van der Waals surface area (Å²) in [6.07, 6.45) is 1.44. The molecule has 0 spiro atoms. The van der Waals surface area contributed by atoms with Crippen LogP contribution in [0, 0.1) is 0 Å². The topological polar surface area (TPSA) is 79.2 Å². The van der Waals surface area contributed by atoms with Crippen LogP contribution < -0.4 is 16.2 Å². The molecule has 0 fully saturated rings. The van der Waals surface area contributed by atoms with E-state index in [1.807, 2.05) is 0 Å². The zero-order chi connectivity index (χ0) is 14.7. The summed E-state index contributed by atoms with van der Waals surface area (Å²) in [6, 6.07) is 9.86. The fourth-order valence-corrected chi connectivity index (χ4v) is 1.88. The minimum atomic E-state index is -0.318. The van der Waals surface area contributed by atoms with Crippen molar-refractivity contribution in [1.29, 1.82) is 0 Å². The number of carbonyl (C=O) groups is 1. The van der Waals surface area contributed by atoms with E-state index < -0.39 is 0 Å². The van der Waals surface area contributed by atoms with Crippen molar-refractivity contribution in [1.82, 2.24) is 4.98 Å². The SMILES string of the molecule is CN(C(=O)c1cc[nH]c(=O)c1)c1cccc(C(N)=S)c1. The zero-order valence-corrected chi connectivity index (χ0v) is 11.6. The molecule has 20 heavy (non-hydrogen) atoms. The van der Waals surface area contributed by atoms with Crippen LogP contribution in [0.2, 0.25) is 0 Å². The number of thiocarbonyl (C=S) groups is 1. The number of nitrogens with two attached hydrogens (primary N) is 1. The first-order chi connectivity index (χ1) is 9.49. The number of aromatic amines is 1. The highest BCUT2D eigenvalue weighted by atomic mass is 32.1. The van der Waals surface area contributed by atoms with Crippen molar-refractivity contribution >= 4 is 28.8 Å². The van der Waals surface area contributed by atoms with E-state index in [4.69, 9.17) is 18.0 Å². The van der Waals surface area contributed by atoms with Crippen molar-refractivity contribution < 1.29 is 4.79 Å². The molecule has 1 aromatic heterocycles. The standard InChI is InChI=1S/C14H13N3O2S/c1-17(11-4-2-3-9(7-11)13(15)20)14(19)10-5-6-16-12(18)8-10/h2-8H,1H3,(H2,15,20)(H,16,18). The molecule has 5 nitrogen and oxygen atoms in total. The van der Waals surface area contributed by atoms with Crippen molar-refractivity contribution in [2.45, 2.75) is 0 Å². The number of amides is 1. The summed E-state index contributed by atoms with van der Waals surface area (Å²) >= 11 is 4.91. The molecule has 0 unspecified atom stereocenters. The van der Waals surface area contributed by atoms with Gasteiger partial charge in [-0.15, -0.1) is 0 Å². The van der Waals surface area contributed by atoms with Crippen LogP contribution in [-0.4, -0.2) is 22.9 Å². The smallest absolute Gasteiger partial charge is 0.258 e. The molecule has 0 radical (unpaired) electrons. The van der Waals surface area contributed by atoms with Gasteiger partial charge in [0.1, 0.15) is 4.99 Å². The van der Waals surface area contributed by atoms with Crippen LogP contribution in [0.25, 0.3) is 0 Å². The van der Waals surface area contributed by atoms with Gasteiger partial charge in [-0.25, -0.2) is 0 Å². The van der Waals surface area contributed by atoms with Crippen LogP contribution in [-0.2, 0) is 0 Å². The number of nitrogens with one attached hydrogen (secondary N) is 1. The quantitative estimate of drug-likeness (QED) is 0.834. The molecular weight excluding hydrogens is 274 g/mol. The third-order valence-corrected chi connectivity index (χ3v) is 3.08. The van der Waals surface area contributed by atoms with E-state index in [1.165, 1.54) is 17.2 Å². The lowest BCUT2D eigenvalue weighted by Crippen LogP contribution is -2.27. The predicted molar refractivity (Wildman–Crippen MR) is 82.1 cm³/mol. The average molecular weight is 287 g/mol. The number of aromatic nitrogens is 1. The number of benzene rings is 1. The number of rotatable bonds is 3. The molecule has 3 N–H and O–H groups in total. The van der Waals surface area contributed by atoms with Crippen molar-refractivity contribution in [3.05, 3.63) is 64.1 Å². The van der Waals surface area contributed by atoms with Crippen LogP contribution >= 0.6 is 12.2 Å². The molecule has 102 valence electrons. The predicted octanol–water partition coefficient (Wildman–Crippen LogP) is 1.29. The van der Waals surface area contributed by atoms with Crippen LogP contribution in [0.1, 0.15) is 15.9 Å². The summed E-state index contributed by atoms with van der Waals surface area (Å²) < 4.78 is 0. The second-order valence-electron chi connectivity index (χ2n) is 4.22. The minimum Gasteiger partial charge on any atom is -0.389 e.